The van der Waals surface area contributed by atoms with Crippen LogP contribution in [0.5, 0.6) is 17.2 Å². The molecule has 0 fully saturated rings. The minimum absolute atomic E-state index is 0.227. The monoisotopic (exact) mass is 249 g/mol. The lowest BCUT2D eigenvalue weighted by Crippen LogP contribution is -1.90. The topological polar surface area (TPSA) is 72.6 Å². The Labute approximate surface area is 101 Å². The molecule has 1 N–H and O–H groups in total. The van der Waals surface area contributed by atoms with E-state index in [1.165, 1.54) is 30.3 Å². The van der Waals surface area contributed by atoms with E-state index in [0.717, 1.165) is 12.1 Å². The maximum Gasteiger partial charge on any atom is 0.310 e. The first-order valence-corrected chi connectivity index (χ1v) is 4.97. The summed E-state index contributed by atoms with van der Waals surface area (Å²) >= 11 is 0. The maximum absolute atomic E-state index is 12.7. The smallest absolute Gasteiger partial charge is 0.310 e. The number of benzene rings is 2. The second-order valence-corrected chi connectivity index (χ2v) is 3.46. The molecule has 0 aliphatic rings. The normalized spacial score (nSPS) is 10.1. The molecule has 0 aliphatic heterocycles. The van der Waals surface area contributed by atoms with E-state index in [1.54, 1.807) is 0 Å². The predicted octanol–water partition coefficient (Wildman–Crippen LogP) is 3.23. The SMILES string of the molecule is O=[N+]([O-])c1ccc(Oc2ccc(F)cc2)cc1O. The van der Waals surface area contributed by atoms with Crippen molar-refractivity contribution in [3.8, 4) is 17.2 Å². The van der Waals surface area contributed by atoms with Crippen LogP contribution in [-0.4, -0.2) is 10.0 Å². The highest BCUT2D eigenvalue weighted by atomic mass is 19.1. The molecule has 5 nitrogen and oxygen atoms in total. The fourth-order valence-electron chi connectivity index (χ4n) is 1.36. The maximum atomic E-state index is 12.7. The second kappa shape index (κ2) is 4.70. The Kier molecular flexibility index (Phi) is 3.09. The zero-order valence-corrected chi connectivity index (χ0v) is 9.04. The molecular formula is C12H8FNO4. The molecule has 0 saturated heterocycles. The number of phenols is 1. The summed E-state index contributed by atoms with van der Waals surface area (Å²) in [6, 6.07) is 8.87. The summed E-state index contributed by atoms with van der Waals surface area (Å²) in [7, 11) is 0. The molecule has 6 heteroatoms. The number of rotatable bonds is 3. The van der Waals surface area contributed by atoms with E-state index in [1.807, 2.05) is 0 Å². The van der Waals surface area contributed by atoms with Crippen molar-refractivity contribution in [2.75, 3.05) is 0 Å². The molecule has 0 saturated carbocycles. The van der Waals surface area contributed by atoms with Crippen LogP contribution in [0.1, 0.15) is 0 Å². The predicted molar refractivity (Wildman–Crippen MR) is 61.2 cm³/mol. The lowest BCUT2D eigenvalue weighted by Gasteiger charge is -2.05. The minimum atomic E-state index is -0.697. The first-order valence-electron chi connectivity index (χ1n) is 4.97. The second-order valence-electron chi connectivity index (χ2n) is 3.46. The summed E-state index contributed by atoms with van der Waals surface area (Å²) in [6.45, 7) is 0. The quantitative estimate of drug-likeness (QED) is 0.669. The van der Waals surface area contributed by atoms with E-state index in [0.29, 0.717) is 5.75 Å². The van der Waals surface area contributed by atoms with Crippen molar-refractivity contribution in [2.45, 2.75) is 0 Å². The van der Waals surface area contributed by atoms with Gasteiger partial charge in [-0.15, -0.1) is 0 Å². The summed E-state index contributed by atoms with van der Waals surface area (Å²) in [5.41, 5.74) is -0.401. The fourth-order valence-corrected chi connectivity index (χ4v) is 1.36. The molecule has 0 unspecified atom stereocenters. The Bertz CT molecular complexity index is 583. The zero-order valence-electron chi connectivity index (χ0n) is 9.04. The number of ether oxygens (including phenoxy) is 1. The molecule has 0 radical (unpaired) electrons. The third kappa shape index (κ3) is 2.54. The Hall–Kier alpha value is -2.63. The molecule has 92 valence electrons. The van der Waals surface area contributed by atoms with Crippen molar-refractivity contribution in [1.82, 2.24) is 0 Å². The Morgan fingerprint density at radius 3 is 2.28 bits per heavy atom. The van der Waals surface area contributed by atoms with Crippen LogP contribution in [0.15, 0.2) is 42.5 Å². The van der Waals surface area contributed by atoms with Gasteiger partial charge in [-0.25, -0.2) is 4.39 Å². The lowest BCUT2D eigenvalue weighted by atomic mass is 10.3. The summed E-state index contributed by atoms with van der Waals surface area (Å²) in [6.07, 6.45) is 0. The molecule has 0 bridgehead atoms. The molecule has 0 amide bonds. The summed E-state index contributed by atoms with van der Waals surface area (Å²) < 4.78 is 18.0. The summed E-state index contributed by atoms with van der Waals surface area (Å²) in [4.78, 5) is 9.79. The molecule has 0 heterocycles. The highest BCUT2D eigenvalue weighted by Gasteiger charge is 2.13. The molecule has 0 spiro atoms. The van der Waals surface area contributed by atoms with Gasteiger partial charge < -0.3 is 9.84 Å². The first-order chi connectivity index (χ1) is 8.56. The van der Waals surface area contributed by atoms with E-state index in [2.05, 4.69) is 0 Å². The molecule has 2 aromatic carbocycles. The van der Waals surface area contributed by atoms with Crippen molar-refractivity contribution < 1.29 is 19.2 Å². The van der Waals surface area contributed by atoms with Gasteiger partial charge in [0.15, 0.2) is 5.75 Å². The Balaban J connectivity index is 2.22. The zero-order chi connectivity index (χ0) is 13.1. The van der Waals surface area contributed by atoms with E-state index in [-0.39, 0.29) is 5.75 Å². The van der Waals surface area contributed by atoms with Crippen LogP contribution in [0.25, 0.3) is 0 Å². The third-order valence-corrected chi connectivity index (χ3v) is 2.19. The average molecular weight is 249 g/mol. The highest BCUT2D eigenvalue weighted by Crippen LogP contribution is 2.31. The van der Waals surface area contributed by atoms with E-state index < -0.39 is 22.2 Å². The van der Waals surface area contributed by atoms with Gasteiger partial charge in [0.05, 0.1) is 4.92 Å². The van der Waals surface area contributed by atoms with Crippen LogP contribution in [0.2, 0.25) is 0 Å². The third-order valence-electron chi connectivity index (χ3n) is 2.19. The molecule has 2 aromatic rings. The Morgan fingerprint density at radius 1 is 1.11 bits per heavy atom. The van der Waals surface area contributed by atoms with Gasteiger partial charge in [-0.1, -0.05) is 0 Å². The van der Waals surface area contributed by atoms with Crippen LogP contribution in [0.3, 0.4) is 0 Å². The van der Waals surface area contributed by atoms with Crippen LogP contribution < -0.4 is 4.74 Å². The van der Waals surface area contributed by atoms with Gasteiger partial charge in [-0.2, -0.15) is 0 Å². The van der Waals surface area contributed by atoms with Gasteiger partial charge in [0.25, 0.3) is 0 Å². The lowest BCUT2D eigenvalue weighted by molar-refractivity contribution is -0.385. The molecule has 0 aliphatic carbocycles. The van der Waals surface area contributed by atoms with E-state index in [9.17, 15) is 19.6 Å². The largest absolute Gasteiger partial charge is 0.502 e. The van der Waals surface area contributed by atoms with Gasteiger partial charge in [0.2, 0.25) is 0 Å². The first kappa shape index (κ1) is 11.8. The molecule has 2 rings (SSSR count). The fraction of sp³-hybridized carbons (Fsp3) is 0. The van der Waals surface area contributed by atoms with Gasteiger partial charge in [0, 0.05) is 12.1 Å². The van der Waals surface area contributed by atoms with Gasteiger partial charge in [-0.05, 0) is 30.3 Å². The van der Waals surface area contributed by atoms with Crippen molar-refractivity contribution in [2.24, 2.45) is 0 Å². The average Bonchev–Trinajstić information content (AvgIpc) is 2.32. The molecule has 0 atom stereocenters. The minimum Gasteiger partial charge on any atom is -0.502 e. The van der Waals surface area contributed by atoms with Crippen molar-refractivity contribution in [3.05, 3.63) is 58.4 Å². The van der Waals surface area contributed by atoms with Crippen molar-refractivity contribution in [3.63, 3.8) is 0 Å². The van der Waals surface area contributed by atoms with Crippen molar-refractivity contribution >= 4 is 5.69 Å². The van der Waals surface area contributed by atoms with E-state index >= 15 is 0 Å². The summed E-state index contributed by atoms with van der Waals surface area (Å²) in [5, 5.41) is 19.9. The van der Waals surface area contributed by atoms with E-state index in [4.69, 9.17) is 4.74 Å². The van der Waals surface area contributed by atoms with Crippen LogP contribution in [0.4, 0.5) is 10.1 Å². The number of hydrogen-bond donors (Lipinski definition) is 1. The van der Waals surface area contributed by atoms with Crippen LogP contribution in [-0.2, 0) is 0 Å². The highest BCUT2D eigenvalue weighted by molar-refractivity contribution is 5.50. The van der Waals surface area contributed by atoms with Crippen LogP contribution in [0, 0.1) is 15.9 Å². The number of nitro groups is 1. The molecule has 18 heavy (non-hydrogen) atoms. The number of aromatic hydroxyl groups is 1. The van der Waals surface area contributed by atoms with Gasteiger partial charge in [0.1, 0.15) is 17.3 Å². The Morgan fingerprint density at radius 2 is 1.72 bits per heavy atom. The number of hydrogen-bond acceptors (Lipinski definition) is 4. The number of nitro benzene ring substituents is 1. The standard InChI is InChI=1S/C12H8FNO4/c13-8-1-3-9(4-2-8)18-10-5-6-11(14(16)17)12(15)7-10/h1-7,15H. The number of nitrogens with zero attached hydrogens (tertiary/aromatic N) is 1. The summed E-state index contributed by atoms with van der Waals surface area (Å²) in [5.74, 6) is -0.289. The molecule has 0 aromatic heterocycles. The van der Waals surface area contributed by atoms with Crippen molar-refractivity contribution in [1.29, 1.82) is 0 Å². The number of phenolic OH excluding ortho intramolecular Hbond substituents is 1. The van der Waals surface area contributed by atoms with Crippen LogP contribution >= 0.6 is 0 Å². The van der Waals surface area contributed by atoms with Gasteiger partial charge >= 0.3 is 5.69 Å². The van der Waals surface area contributed by atoms with Gasteiger partial charge in [-0.3, -0.25) is 10.1 Å². The molecular weight excluding hydrogens is 241 g/mol. The number of halogens is 1.